The second-order valence-corrected chi connectivity index (χ2v) is 20.2. The van der Waals surface area contributed by atoms with E-state index in [9.17, 15) is 24.6 Å². The number of aliphatic hydroxyl groups excluding tert-OH is 2. The zero-order chi connectivity index (χ0) is 40.8. The first-order valence-electron chi connectivity index (χ1n) is 21.6. The number of allylic oxidation sites excluding steroid dienone is 1. The number of hydrogen-bond acceptors (Lipinski definition) is 9. The van der Waals surface area contributed by atoms with Crippen LogP contribution in [0.2, 0.25) is 0 Å². The number of hydrogen-bond donors (Lipinski definition) is 2. The lowest BCUT2D eigenvalue weighted by Crippen LogP contribution is -2.63. The summed E-state index contributed by atoms with van der Waals surface area (Å²) < 4.78 is 22.9. The minimum Gasteiger partial charge on any atom is -0.392 e. The lowest BCUT2D eigenvalue weighted by atomic mass is 9.44. The number of aliphatic hydroxyl groups is 2. The topological polar surface area (TPSA) is 129 Å². The molecule has 0 aromatic carbocycles. The number of methoxy groups -OCH3 is 2. The fourth-order valence-electron chi connectivity index (χ4n) is 14.0. The van der Waals surface area contributed by atoms with Gasteiger partial charge in [-0.1, -0.05) is 80.9 Å². The van der Waals surface area contributed by atoms with Gasteiger partial charge >= 0.3 is 0 Å². The maximum Gasteiger partial charge on any atom is 0.146 e. The highest BCUT2D eigenvalue weighted by Crippen LogP contribution is 2.69. The van der Waals surface area contributed by atoms with Crippen LogP contribution in [0.15, 0.2) is 12.2 Å². The van der Waals surface area contributed by atoms with Gasteiger partial charge in [-0.25, -0.2) is 0 Å². The second-order valence-electron chi connectivity index (χ2n) is 20.2. The van der Waals surface area contributed by atoms with Gasteiger partial charge < -0.3 is 34.0 Å². The zero-order valence-corrected chi connectivity index (χ0v) is 36.2. The molecule has 0 radical (unpaired) electrons. The van der Waals surface area contributed by atoms with E-state index in [0.29, 0.717) is 37.4 Å². The van der Waals surface area contributed by atoms with Gasteiger partial charge in [-0.15, -0.1) is 0 Å². The van der Waals surface area contributed by atoms with Gasteiger partial charge in [0.15, 0.2) is 0 Å². The normalized spacial score (nSPS) is 49.5. The third-order valence-corrected chi connectivity index (χ3v) is 17.6. The minimum atomic E-state index is -0.806. The Labute approximate surface area is 332 Å². The van der Waals surface area contributed by atoms with E-state index >= 15 is 0 Å². The maximum absolute atomic E-state index is 13.2. The van der Waals surface area contributed by atoms with E-state index < -0.39 is 23.0 Å². The second kappa shape index (κ2) is 16.6. The van der Waals surface area contributed by atoms with Crippen molar-refractivity contribution in [3.05, 3.63) is 12.2 Å². The molecule has 0 aromatic heterocycles. The average Bonchev–Trinajstić information content (AvgIpc) is 3.69. The van der Waals surface area contributed by atoms with Crippen molar-refractivity contribution in [3.63, 3.8) is 0 Å². The molecule has 0 spiro atoms. The van der Waals surface area contributed by atoms with Crippen LogP contribution < -0.4 is 0 Å². The van der Waals surface area contributed by atoms with E-state index in [1.807, 2.05) is 6.92 Å². The number of unbranched alkanes of at least 4 members (excludes halogenated alkanes) is 1. The molecule has 16 atom stereocenters. The van der Waals surface area contributed by atoms with Crippen molar-refractivity contribution >= 4 is 17.9 Å². The lowest BCUT2D eigenvalue weighted by Gasteiger charge is -2.62. The molecule has 9 heteroatoms. The van der Waals surface area contributed by atoms with Crippen molar-refractivity contribution in [2.75, 3.05) is 27.8 Å². The summed E-state index contributed by atoms with van der Waals surface area (Å²) in [5, 5.41) is 23.0. The Kier molecular flexibility index (Phi) is 13.5. The third-order valence-electron chi connectivity index (χ3n) is 17.6. The maximum atomic E-state index is 13.2. The molecule has 6 fully saturated rings. The molecule has 6 rings (SSSR count). The fraction of sp³-hybridized carbons (Fsp3) is 0.891. The average molecular weight is 773 g/mol. The highest BCUT2D eigenvalue weighted by atomic mass is 16.7. The van der Waals surface area contributed by atoms with Crippen LogP contribution in [0.1, 0.15) is 139 Å². The van der Waals surface area contributed by atoms with Crippen LogP contribution in [0, 0.1) is 68.0 Å². The first-order valence-corrected chi connectivity index (χ1v) is 21.6. The van der Waals surface area contributed by atoms with Crippen LogP contribution in [-0.2, 0) is 33.3 Å². The highest BCUT2D eigenvalue weighted by molar-refractivity contribution is 5.86. The van der Waals surface area contributed by atoms with Crippen LogP contribution in [0.5, 0.6) is 0 Å². The van der Waals surface area contributed by atoms with Crippen LogP contribution in [-0.4, -0.2) is 80.3 Å². The summed E-state index contributed by atoms with van der Waals surface area (Å²) in [7, 11) is 3.23. The van der Waals surface area contributed by atoms with E-state index in [2.05, 4.69) is 67.5 Å². The molecule has 0 aliphatic heterocycles. The summed E-state index contributed by atoms with van der Waals surface area (Å²) in [6.45, 7) is 19.8. The van der Waals surface area contributed by atoms with E-state index in [-0.39, 0.29) is 82.8 Å². The number of carbonyl (C=O) groups is 3. The van der Waals surface area contributed by atoms with Crippen LogP contribution in [0.25, 0.3) is 0 Å². The van der Waals surface area contributed by atoms with E-state index in [1.54, 1.807) is 14.2 Å². The molecule has 0 heterocycles. The van der Waals surface area contributed by atoms with Gasteiger partial charge in [-0.05, 0) is 92.3 Å². The Hall–Kier alpha value is -1.49. The number of ether oxygens (including phenoxy) is 4. The number of aldehydes is 1. The highest BCUT2D eigenvalue weighted by Gasteiger charge is 2.69. The molecule has 2 N–H and O–H groups in total. The van der Waals surface area contributed by atoms with Crippen LogP contribution in [0.3, 0.4) is 0 Å². The molecule has 6 aliphatic rings. The quantitative estimate of drug-likeness (QED) is 0.129. The van der Waals surface area contributed by atoms with E-state index in [0.717, 1.165) is 57.7 Å². The SMILES string of the molecule is CCCC=C[C@]1(C)C[C@@H](O)[C@@]2(C)C3C(=O)CCC3(CC[C@H]2C)[C@@H](C)[C@@H]1OCOC.COCO[C@H]1[C@H](C)C23CCC(=O)C2[C@@](C)([C@H](C)CC3)[C@H](O)C[C@@]1(C)C=O. The number of rotatable bonds is 10. The van der Waals surface area contributed by atoms with Gasteiger partial charge in [-0.2, -0.15) is 0 Å². The summed E-state index contributed by atoms with van der Waals surface area (Å²) in [5.74, 6) is 1.27. The van der Waals surface area contributed by atoms with E-state index in [1.165, 1.54) is 0 Å². The monoisotopic (exact) mass is 773 g/mol. The Morgan fingerprint density at radius 1 is 0.691 bits per heavy atom. The number of Topliss-reactive ketones (excluding diaryl/α,β-unsaturated/α-hetero) is 2. The molecule has 314 valence electrons. The Morgan fingerprint density at radius 2 is 1.11 bits per heavy atom. The standard InChI is InChI=1S/C25H42O4.C21H34O5/c1-7-8-9-12-23(4)15-20(27)24(5)17(2)10-13-25(14-11-19(26)21(24)25)18(3)22(23)29-16-28-6;1-13-6-8-21-9-7-15(23)17(21)20(13,4)16(24)10-19(3,11-22)18(14(21)2)26-12-25-5/h9,12,17-18,20-22,27H,7-8,10-11,13-16H2,1-6H3;11,13-14,16-18,24H,6-10,12H2,1-5H3/t17-,18+,20-,21?,22+,23-,24+,25?;13-,14+,16-,17?,18+,19+,20+,21?/m11/s1. The van der Waals surface area contributed by atoms with Crippen molar-refractivity contribution in [2.45, 2.75) is 164 Å². The molecule has 6 saturated carbocycles. The summed E-state index contributed by atoms with van der Waals surface area (Å²) in [6.07, 6.45) is 13.9. The molecule has 9 nitrogen and oxygen atoms in total. The van der Waals surface area contributed by atoms with Crippen LogP contribution >= 0.6 is 0 Å². The zero-order valence-electron chi connectivity index (χ0n) is 36.2. The molecule has 0 aromatic rings. The molecule has 55 heavy (non-hydrogen) atoms. The lowest BCUT2D eigenvalue weighted by molar-refractivity contribution is -0.217. The minimum absolute atomic E-state index is 0.0450. The Morgan fingerprint density at radius 3 is 1.51 bits per heavy atom. The van der Waals surface area contributed by atoms with E-state index in [4.69, 9.17) is 18.9 Å². The largest absolute Gasteiger partial charge is 0.392 e. The van der Waals surface area contributed by atoms with Gasteiger partial charge in [0, 0.05) is 55.1 Å². The van der Waals surface area contributed by atoms with Crippen molar-refractivity contribution in [3.8, 4) is 0 Å². The van der Waals surface area contributed by atoms with Crippen molar-refractivity contribution in [1.82, 2.24) is 0 Å². The molecule has 0 amide bonds. The summed E-state index contributed by atoms with van der Waals surface area (Å²) in [6, 6.07) is 0. The third kappa shape index (κ3) is 7.08. The molecular formula is C46H76O9. The van der Waals surface area contributed by atoms with Crippen molar-refractivity contribution in [2.24, 2.45) is 68.0 Å². The first kappa shape index (κ1) is 44.6. The fourth-order valence-corrected chi connectivity index (χ4v) is 14.0. The summed E-state index contributed by atoms with van der Waals surface area (Å²) >= 11 is 0. The molecular weight excluding hydrogens is 696 g/mol. The van der Waals surface area contributed by atoms with Crippen molar-refractivity contribution in [1.29, 1.82) is 0 Å². The van der Waals surface area contributed by atoms with Gasteiger partial charge in [0.1, 0.15) is 31.4 Å². The summed E-state index contributed by atoms with van der Waals surface area (Å²) in [4.78, 5) is 38.4. The Bertz CT molecular complexity index is 1420. The van der Waals surface area contributed by atoms with Gasteiger partial charge in [0.05, 0.1) is 29.8 Å². The molecule has 0 saturated heterocycles. The molecule has 4 unspecified atom stereocenters. The van der Waals surface area contributed by atoms with Gasteiger partial charge in [0.25, 0.3) is 0 Å². The number of ketones is 2. The predicted octanol–water partition coefficient (Wildman–Crippen LogP) is 8.12. The van der Waals surface area contributed by atoms with Crippen LogP contribution in [0.4, 0.5) is 0 Å². The number of carbonyl (C=O) groups excluding carboxylic acids is 3. The van der Waals surface area contributed by atoms with Gasteiger partial charge in [0.2, 0.25) is 0 Å². The Balaban J connectivity index is 0.000000212. The molecule has 4 bridgehead atoms. The van der Waals surface area contributed by atoms with Gasteiger partial charge in [-0.3, -0.25) is 9.59 Å². The smallest absolute Gasteiger partial charge is 0.146 e. The molecule has 6 aliphatic carbocycles. The first-order chi connectivity index (χ1) is 25.8. The summed E-state index contributed by atoms with van der Waals surface area (Å²) in [5.41, 5.74) is -2.25. The predicted molar refractivity (Wildman–Crippen MR) is 213 cm³/mol. The van der Waals surface area contributed by atoms with Crippen molar-refractivity contribution < 1.29 is 43.5 Å².